The van der Waals surface area contributed by atoms with Crippen LogP contribution in [0, 0.1) is 11.8 Å². The predicted octanol–water partition coefficient (Wildman–Crippen LogP) is 8.44. The fraction of sp³-hybridized carbons (Fsp3) is 0.493. The summed E-state index contributed by atoms with van der Waals surface area (Å²) in [4.78, 5) is 108. The number of rotatable bonds is 16. The first-order valence-electron chi connectivity index (χ1n) is 32.7. The summed E-state index contributed by atoms with van der Waals surface area (Å²) in [5, 5.41) is 42.0. The van der Waals surface area contributed by atoms with Crippen LogP contribution in [0.1, 0.15) is 133 Å². The van der Waals surface area contributed by atoms with E-state index in [1.54, 1.807) is 44.3 Å². The molecule has 11 N–H and O–H groups in total. The average molecular weight is 1440 g/mol. The van der Waals surface area contributed by atoms with Gasteiger partial charge in [-0.15, -0.1) is 0 Å². The third kappa shape index (κ3) is 16.7. The van der Waals surface area contributed by atoms with E-state index in [0.717, 1.165) is 0 Å². The van der Waals surface area contributed by atoms with Crippen molar-refractivity contribution < 1.29 is 80.9 Å². The van der Waals surface area contributed by atoms with Crippen LogP contribution in [0.15, 0.2) is 84.1 Å². The molecule has 4 aromatic rings. The molecule has 4 aromatic carbocycles. The molecular formula is C69H93BCl2N8O17Si2. The minimum Gasteiger partial charge on any atom is -0.500 e. The maximum absolute atomic E-state index is 16.4. The Bertz CT molecular complexity index is 3840. The molecule has 536 valence electrons. The number of amides is 7. The fourth-order valence-electron chi connectivity index (χ4n) is 12.0. The van der Waals surface area contributed by atoms with Gasteiger partial charge in [-0.05, 0) is 138 Å². The maximum atomic E-state index is 16.4. The van der Waals surface area contributed by atoms with Gasteiger partial charge < -0.3 is 90.3 Å². The number of fused-ring (bicyclic) bond motifs is 15. The molecule has 0 saturated carbocycles. The van der Waals surface area contributed by atoms with Crippen LogP contribution in [0.4, 0.5) is 0 Å². The number of carbonyl (C=O) groups excluding carboxylic acids is 7. The minimum absolute atomic E-state index is 0.00252. The topological polar surface area (TPSA) is 344 Å². The number of halogens is 2. The van der Waals surface area contributed by atoms with E-state index in [4.69, 9.17) is 66.2 Å². The SMILES string of the molecule is CN[C@@H](CC(C)C)C(=O)N[C@H]1C(=O)N[C@@H](CC(N)=O)C(=O)N[C@H]2C(=O)N[C@H]3C(=O)N[C@H](C(=O)N[C@@H](B(O)O)c4cc(OC)cc(OC)c4C4C(OC)=CC=C3C4C)C(O[Si](C)(C)C(C)(C)C)c3ccc(c(Cl)c3)Oc3cc2cc(c3OC)Oc2ccc(cc2Cl)C1O[Si](C)(C)C(C)(C)C. The van der Waals surface area contributed by atoms with Gasteiger partial charge in [0.2, 0.25) is 47.1 Å². The van der Waals surface area contributed by atoms with Gasteiger partial charge >= 0.3 is 7.12 Å². The summed E-state index contributed by atoms with van der Waals surface area (Å²) in [6.07, 6.45) is -0.183. The molecule has 10 rings (SSSR count). The van der Waals surface area contributed by atoms with Gasteiger partial charge in [0.25, 0.3) is 0 Å². The molecule has 99 heavy (non-hydrogen) atoms. The Morgan fingerprint density at radius 3 is 1.72 bits per heavy atom. The Labute approximate surface area is 590 Å². The second-order valence-electron chi connectivity index (χ2n) is 28.7. The molecule has 11 atom stereocenters. The lowest BCUT2D eigenvalue weighted by Crippen LogP contribution is -2.61. The zero-order valence-corrected chi connectivity index (χ0v) is 62.7. The van der Waals surface area contributed by atoms with E-state index >= 15 is 24.0 Å². The number of ether oxygens (including phenoxy) is 6. The zero-order valence-electron chi connectivity index (χ0n) is 59.2. The quantitative estimate of drug-likeness (QED) is 0.0470. The lowest BCUT2D eigenvalue weighted by atomic mass is 9.68. The molecule has 0 radical (unpaired) electrons. The van der Waals surface area contributed by atoms with Gasteiger partial charge in [-0.2, -0.15) is 0 Å². The summed E-state index contributed by atoms with van der Waals surface area (Å²) in [6, 6.07) is 4.92. The number of methoxy groups -OCH3 is 4. The number of primary amides is 1. The highest BCUT2D eigenvalue weighted by atomic mass is 35.5. The molecule has 30 heteroatoms. The molecule has 7 amide bonds. The van der Waals surface area contributed by atoms with Crippen LogP contribution in [0.5, 0.6) is 40.2 Å². The molecule has 4 unspecified atom stereocenters. The summed E-state index contributed by atoms with van der Waals surface area (Å²) in [5.74, 6) is -10.4. The third-order valence-corrected chi connectivity index (χ3v) is 29.0. The molecular weight excluding hydrogens is 1350 g/mol. The molecule has 0 aromatic heterocycles. The van der Waals surface area contributed by atoms with Gasteiger partial charge in [0.05, 0.1) is 75.0 Å². The van der Waals surface area contributed by atoms with Crippen molar-refractivity contribution in [3.63, 3.8) is 0 Å². The van der Waals surface area contributed by atoms with Crippen molar-refractivity contribution in [1.29, 1.82) is 0 Å². The molecule has 11 bridgehead atoms. The summed E-state index contributed by atoms with van der Waals surface area (Å²) >= 11 is 14.6. The summed E-state index contributed by atoms with van der Waals surface area (Å²) < 4.78 is 51.8. The smallest absolute Gasteiger partial charge is 0.480 e. The number of nitrogens with two attached hydrogens (primary N) is 1. The minimum atomic E-state index is -3.10. The van der Waals surface area contributed by atoms with Gasteiger partial charge in [-0.1, -0.05) is 104 Å². The Morgan fingerprint density at radius 1 is 0.667 bits per heavy atom. The highest BCUT2D eigenvalue weighted by Gasteiger charge is 2.50. The number of hydrogen-bond donors (Lipinski definition) is 10. The van der Waals surface area contributed by atoms with Crippen LogP contribution >= 0.6 is 23.2 Å². The Hall–Kier alpha value is -7.67. The van der Waals surface area contributed by atoms with Crippen molar-refractivity contribution >= 4 is 88.3 Å². The molecule has 6 aliphatic rings. The third-order valence-electron chi connectivity index (χ3n) is 19.5. The second kappa shape index (κ2) is 30.7. The fourth-order valence-corrected chi connectivity index (χ4v) is 15.0. The molecule has 1 aliphatic carbocycles. The normalized spacial score (nSPS) is 23.4. The van der Waals surface area contributed by atoms with E-state index in [2.05, 4.69) is 37.2 Å². The number of allylic oxidation sites excluding steroid dienone is 3. The number of nitrogens with one attached hydrogen (secondary N) is 7. The van der Waals surface area contributed by atoms with E-state index in [1.165, 1.54) is 70.9 Å². The Morgan fingerprint density at radius 2 is 1.22 bits per heavy atom. The van der Waals surface area contributed by atoms with Crippen LogP contribution < -0.4 is 66.6 Å². The Balaban J connectivity index is 1.45. The van der Waals surface area contributed by atoms with Crippen molar-refractivity contribution in [3.8, 4) is 40.2 Å². The predicted molar refractivity (Wildman–Crippen MR) is 379 cm³/mol. The summed E-state index contributed by atoms with van der Waals surface area (Å²) in [7, 11) is -1.28. The van der Waals surface area contributed by atoms with E-state index in [-0.39, 0.29) is 89.8 Å². The van der Waals surface area contributed by atoms with E-state index in [1.807, 2.05) is 81.6 Å². The molecule has 0 spiro atoms. The first kappa shape index (κ1) is 77.1. The van der Waals surface area contributed by atoms with E-state index in [9.17, 15) is 19.6 Å². The molecule has 5 heterocycles. The monoisotopic (exact) mass is 1440 g/mol. The van der Waals surface area contributed by atoms with E-state index in [0.29, 0.717) is 12.0 Å². The van der Waals surface area contributed by atoms with Crippen molar-refractivity contribution in [3.05, 3.63) is 122 Å². The second-order valence-corrected chi connectivity index (χ2v) is 39.1. The summed E-state index contributed by atoms with van der Waals surface area (Å²) in [5.41, 5.74) is 6.91. The van der Waals surface area contributed by atoms with Crippen molar-refractivity contribution in [2.45, 2.75) is 172 Å². The number of hydrogen-bond acceptors (Lipinski definition) is 18. The van der Waals surface area contributed by atoms with Crippen molar-refractivity contribution in [1.82, 2.24) is 37.2 Å². The van der Waals surface area contributed by atoms with Gasteiger partial charge in [-0.3, -0.25) is 33.6 Å². The van der Waals surface area contributed by atoms with Crippen molar-refractivity contribution in [2.75, 3.05) is 35.5 Å². The Kier molecular flexibility index (Phi) is 23.9. The van der Waals surface area contributed by atoms with Crippen LogP contribution in [-0.2, 0) is 47.2 Å². The number of benzene rings is 4. The van der Waals surface area contributed by atoms with Crippen LogP contribution in [0.2, 0.25) is 46.3 Å². The highest BCUT2D eigenvalue weighted by molar-refractivity contribution is 6.74. The first-order chi connectivity index (χ1) is 46.3. The number of likely N-dealkylation sites (N-methyl/N-ethyl adjacent to an activating group) is 1. The average Bonchev–Trinajstić information content (AvgIpc) is 0.753. The van der Waals surface area contributed by atoms with Gasteiger partial charge in [0.15, 0.2) is 28.1 Å². The van der Waals surface area contributed by atoms with Crippen LogP contribution in [0.25, 0.3) is 0 Å². The van der Waals surface area contributed by atoms with Gasteiger partial charge in [0, 0.05) is 11.6 Å². The molecule has 0 saturated heterocycles. The molecule has 5 aliphatic heterocycles. The van der Waals surface area contributed by atoms with Crippen LogP contribution in [-0.4, -0.2) is 141 Å². The lowest BCUT2D eigenvalue weighted by molar-refractivity contribution is -0.137. The number of carbonyl (C=O) groups is 7. The maximum Gasteiger partial charge on any atom is 0.480 e. The largest absolute Gasteiger partial charge is 0.500 e. The van der Waals surface area contributed by atoms with Crippen molar-refractivity contribution in [2.24, 2.45) is 17.6 Å². The molecule has 0 fully saturated rings. The lowest BCUT2D eigenvalue weighted by Gasteiger charge is -2.42. The zero-order chi connectivity index (χ0) is 73.3. The van der Waals surface area contributed by atoms with E-state index < -0.39 is 148 Å². The highest BCUT2D eigenvalue weighted by Crippen LogP contribution is 2.52. The standard InChI is InChI=1S/C69H93BCl2N8O17Si2/c1-33(2)25-43(74-10)62(82)78-56-58(96-98(15,16)68(4,5)6)35-19-22-45(41(71)26-35)94-49-28-37-29-50(60(49)93-14)95-46-23-20-36(27-42(46)72)59(97-99(17,18)69(7,8)9)57-67(87)80-61(70(88)89)40-30-38(90-11)31-48(92-13)53(40)52-34(3)39(21-24-47(52)91-12)55(65(85)79-57)77-64(84)54(37)76-63(83)44(32-51(73)81)75-66(56)86/h19-24,26-31,33-34,43-44,52,54-59,61,74,88-89H,25,32H2,1-18H3,(H2,73,81)(H,75,86)(H,76,83)(H,77,84)(H,78,82)(H,79,85)(H,80,87)/t34?,43-,44-,52?,54+,55+,56+,57-,58?,59?,61+/m0/s1. The van der Waals surface area contributed by atoms with Crippen LogP contribution in [0.3, 0.4) is 0 Å². The first-order valence-corrected chi connectivity index (χ1v) is 39.2. The van der Waals surface area contributed by atoms with Gasteiger partial charge in [0.1, 0.15) is 59.0 Å². The van der Waals surface area contributed by atoms with Gasteiger partial charge in [-0.25, -0.2) is 0 Å². The summed E-state index contributed by atoms with van der Waals surface area (Å²) in [6.45, 7) is 25.2. The molecule has 25 nitrogen and oxygen atoms in total.